The normalized spacial score (nSPS) is 22.0. The Morgan fingerprint density at radius 2 is 2.14 bits per heavy atom. The van der Waals surface area contributed by atoms with Gasteiger partial charge in [-0.1, -0.05) is 36.6 Å². The molecule has 4 nitrogen and oxygen atoms in total. The first kappa shape index (κ1) is 15.0. The summed E-state index contributed by atoms with van der Waals surface area (Å²) in [7, 11) is 0. The number of nitrogens with one attached hydrogen (secondary N) is 1. The third kappa shape index (κ3) is 3.64. The molecule has 1 N–H and O–H groups in total. The van der Waals surface area contributed by atoms with Crippen LogP contribution in [0.3, 0.4) is 0 Å². The molecule has 0 saturated heterocycles. The Balaban J connectivity index is 1.49. The highest BCUT2D eigenvalue weighted by Gasteiger charge is 2.29. The van der Waals surface area contributed by atoms with Gasteiger partial charge in [-0.3, -0.25) is 4.79 Å². The summed E-state index contributed by atoms with van der Waals surface area (Å²) >= 11 is 0. The molecule has 2 aliphatic rings. The average Bonchev–Trinajstić information content (AvgIpc) is 3.04. The second-order valence-electron chi connectivity index (χ2n) is 6.10. The van der Waals surface area contributed by atoms with Crippen molar-refractivity contribution in [2.75, 3.05) is 6.54 Å². The molecule has 0 unspecified atom stereocenters. The summed E-state index contributed by atoms with van der Waals surface area (Å²) in [6.45, 7) is 0.716. The van der Waals surface area contributed by atoms with E-state index in [0.29, 0.717) is 30.2 Å². The number of nitrogens with zero attached hydrogens (tertiary/aromatic N) is 1. The molecule has 0 aromatic heterocycles. The van der Waals surface area contributed by atoms with Crippen molar-refractivity contribution in [3.63, 3.8) is 0 Å². The Kier molecular flexibility index (Phi) is 4.71. The van der Waals surface area contributed by atoms with Crippen molar-refractivity contribution in [1.82, 2.24) is 5.32 Å². The predicted molar refractivity (Wildman–Crippen MR) is 82.0 cm³/mol. The minimum atomic E-state index is -0.596. The van der Waals surface area contributed by atoms with Crippen molar-refractivity contribution >= 4 is 11.6 Å². The van der Waals surface area contributed by atoms with Crippen LogP contribution in [0.4, 0.5) is 4.39 Å². The summed E-state index contributed by atoms with van der Waals surface area (Å²) in [4.78, 5) is 17.4. The Bertz CT molecular complexity index is 568. The zero-order valence-corrected chi connectivity index (χ0v) is 12.6. The van der Waals surface area contributed by atoms with Crippen LogP contribution in [0, 0.1) is 11.7 Å². The summed E-state index contributed by atoms with van der Waals surface area (Å²) < 4.78 is 13.2. The molecule has 1 atom stereocenters. The first-order valence-electron chi connectivity index (χ1n) is 7.99. The van der Waals surface area contributed by atoms with Crippen molar-refractivity contribution in [1.29, 1.82) is 0 Å². The van der Waals surface area contributed by atoms with Gasteiger partial charge in [0.05, 0.1) is 5.71 Å². The smallest absolute Gasteiger partial charge is 0.264 e. The molecule has 22 heavy (non-hydrogen) atoms. The third-order valence-electron chi connectivity index (χ3n) is 4.41. The molecule has 1 saturated carbocycles. The number of amides is 1. The van der Waals surface area contributed by atoms with Crippen molar-refractivity contribution in [3.05, 3.63) is 35.6 Å². The molecule has 1 aliphatic heterocycles. The monoisotopic (exact) mass is 304 g/mol. The van der Waals surface area contributed by atoms with Crippen LogP contribution >= 0.6 is 0 Å². The van der Waals surface area contributed by atoms with Gasteiger partial charge in [0.15, 0.2) is 0 Å². The van der Waals surface area contributed by atoms with Crippen LogP contribution in [0.15, 0.2) is 29.4 Å². The van der Waals surface area contributed by atoms with Gasteiger partial charge in [-0.15, -0.1) is 0 Å². The average molecular weight is 304 g/mol. The topological polar surface area (TPSA) is 50.7 Å². The van der Waals surface area contributed by atoms with Gasteiger partial charge >= 0.3 is 0 Å². The molecule has 1 aliphatic carbocycles. The van der Waals surface area contributed by atoms with Crippen LogP contribution in [0.5, 0.6) is 0 Å². The Hall–Kier alpha value is -1.91. The van der Waals surface area contributed by atoms with Crippen molar-refractivity contribution in [2.24, 2.45) is 11.1 Å². The van der Waals surface area contributed by atoms with Crippen molar-refractivity contribution in [2.45, 2.75) is 44.6 Å². The van der Waals surface area contributed by atoms with Crippen LogP contribution in [0.1, 0.15) is 44.1 Å². The molecule has 0 bridgehead atoms. The van der Waals surface area contributed by atoms with Crippen LogP contribution < -0.4 is 5.32 Å². The Labute approximate surface area is 129 Å². The van der Waals surface area contributed by atoms with Crippen LogP contribution in [-0.2, 0) is 9.63 Å². The molecular weight excluding hydrogens is 283 g/mol. The van der Waals surface area contributed by atoms with E-state index in [-0.39, 0.29) is 11.7 Å². The third-order valence-corrected chi connectivity index (χ3v) is 4.41. The number of carbonyl (C=O) groups excluding carboxylic acids is 1. The van der Waals surface area contributed by atoms with Gasteiger partial charge < -0.3 is 10.2 Å². The summed E-state index contributed by atoms with van der Waals surface area (Å²) in [5.41, 5.74) is 1.29. The Morgan fingerprint density at radius 3 is 2.91 bits per heavy atom. The van der Waals surface area contributed by atoms with Crippen LogP contribution in [0.25, 0.3) is 0 Å². The number of carbonyl (C=O) groups is 1. The fourth-order valence-electron chi connectivity index (χ4n) is 3.11. The first-order chi connectivity index (χ1) is 10.7. The second-order valence-corrected chi connectivity index (χ2v) is 6.10. The van der Waals surface area contributed by atoms with Crippen molar-refractivity contribution in [3.8, 4) is 0 Å². The number of hydrogen-bond acceptors (Lipinski definition) is 3. The number of benzene rings is 1. The highest BCUT2D eigenvalue weighted by Crippen LogP contribution is 2.23. The van der Waals surface area contributed by atoms with E-state index in [4.69, 9.17) is 4.84 Å². The van der Waals surface area contributed by atoms with Gasteiger partial charge in [0, 0.05) is 18.5 Å². The number of oxime groups is 1. The standard InChI is InChI=1S/C17H21FN2O2/c18-14-8-4-7-13(9-14)15-10-16(22-20-15)17(21)19-11-12-5-2-1-3-6-12/h4,7-9,12,16H,1-3,5-6,10-11H2,(H,19,21)/t16-/m0/s1. The van der Waals surface area contributed by atoms with E-state index in [1.807, 2.05) is 0 Å². The molecular formula is C17H21FN2O2. The largest absolute Gasteiger partial charge is 0.382 e. The van der Waals surface area contributed by atoms with E-state index >= 15 is 0 Å². The molecule has 118 valence electrons. The van der Waals surface area contributed by atoms with E-state index < -0.39 is 6.10 Å². The van der Waals surface area contributed by atoms with Gasteiger partial charge in [0.25, 0.3) is 5.91 Å². The molecule has 1 aromatic carbocycles. The molecule has 1 aromatic rings. The number of halogens is 1. The lowest BCUT2D eigenvalue weighted by Crippen LogP contribution is -2.38. The fourth-order valence-corrected chi connectivity index (χ4v) is 3.11. The maximum Gasteiger partial charge on any atom is 0.264 e. The quantitative estimate of drug-likeness (QED) is 0.929. The van der Waals surface area contributed by atoms with Gasteiger partial charge in [0.1, 0.15) is 5.82 Å². The van der Waals surface area contributed by atoms with E-state index in [0.717, 1.165) is 0 Å². The van der Waals surface area contributed by atoms with Gasteiger partial charge in [-0.05, 0) is 30.9 Å². The summed E-state index contributed by atoms with van der Waals surface area (Å²) in [5, 5.41) is 6.90. The number of rotatable bonds is 4. The molecule has 0 radical (unpaired) electrons. The van der Waals surface area contributed by atoms with E-state index in [9.17, 15) is 9.18 Å². The van der Waals surface area contributed by atoms with Gasteiger partial charge in [0.2, 0.25) is 6.10 Å². The lowest BCUT2D eigenvalue weighted by atomic mass is 9.89. The summed E-state index contributed by atoms with van der Waals surface area (Å²) in [6, 6.07) is 6.19. The zero-order valence-electron chi connectivity index (χ0n) is 12.6. The maximum atomic E-state index is 13.2. The number of hydrogen-bond donors (Lipinski definition) is 1. The SMILES string of the molecule is O=C(NCC1CCCCC1)[C@@H]1CC(c2cccc(F)c2)=NO1. The fraction of sp³-hybridized carbons (Fsp3) is 0.529. The predicted octanol–water partition coefficient (Wildman–Crippen LogP) is 3.02. The van der Waals surface area contributed by atoms with Gasteiger partial charge in [-0.25, -0.2) is 4.39 Å². The second kappa shape index (κ2) is 6.90. The minimum absolute atomic E-state index is 0.124. The van der Waals surface area contributed by atoms with E-state index in [2.05, 4.69) is 10.5 Å². The van der Waals surface area contributed by atoms with Crippen LogP contribution in [0.2, 0.25) is 0 Å². The molecule has 1 fully saturated rings. The minimum Gasteiger partial charge on any atom is -0.382 e. The zero-order chi connectivity index (χ0) is 15.4. The van der Waals surface area contributed by atoms with Crippen molar-refractivity contribution < 1.29 is 14.0 Å². The van der Waals surface area contributed by atoms with E-state index in [1.165, 1.54) is 44.2 Å². The highest BCUT2D eigenvalue weighted by molar-refractivity contribution is 6.04. The summed E-state index contributed by atoms with van der Waals surface area (Å²) in [6.07, 6.45) is 6.00. The lowest BCUT2D eigenvalue weighted by molar-refractivity contribution is -0.131. The molecule has 1 amide bonds. The molecule has 3 rings (SSSR count). The summed E-state index contributed by atoms with van der Waals surface area (Å²) in [5.74, 6) is 0.147. The first-order valence-corrected chi connectivity index (χ1v) is 7.99. The molecule has 1 heterocycles. The van der Waals surface area contributed by atoms with Crippen LogP contribution in [-0.4, -0.2) is 24.3 Å². The molecule has 5 heteroatoms. The highest BCUT2D eigenvalue weighted by atomic mass is 19.1. The van der Waals surface area contributed by atoms with Gasteiger partial charge in [-0.2, -0.15) is 0 Å². The Morgan fingerprint density at radius 1 is 1.32 bits per heavy atom. The lowest BCUT2D eigenvalue weighted by Gasteiger charge is -2.22. The molecule has 0 spiro atoms. The maximum absolute atomic E-state index is 13.2. The van der Waals surface area contributed by atoms with E-state index in [1.54, 1.807) is 12.1 Å².